The lowest BCUT2D eigenvalue weighted by molar-refractivity contribution is 0.262. The van der Waals surface area contributed by atoms with Crippen molar-refractivity contribution < 1.29 is 9.53 Å². The largest absolute Gasteiger partial charge is 0.497 e. The Hall–Kier alpha value is -2.86. The van der Waals surface area contributed by atoms with Crippen LogP contribution in [0.1, 0.15) is 5.56 Å². The van der Waals surface area contributed by atoms with Gasteiger partial charge in [0.05, 0.1) is 12.8 Å². The summed E-state index contributed by atoms with van der Waals surface area (Å²) in [5.41, 5.74) is 3.62. The lowest BCUT2D eigenvalue weighted by Gasteiger charge is -2.05. The molecule has 3 rings (SSSR count). The molecule has 0 saturated carbocycles. The van der Waals surface area contributed by atoms with Crippen LogP contribution < -0.4 is 15.4 Å². The molecule has 0 bridgehead atoms. The number of carbonyl (C=O) groups excluding carboxylic acids is 1. The molecule has 0 spiro atoms. The number of aryl methyl sites for hydroxylation is 1. The van der Waals surface area contributed by atoms with Gasteiger partial charge in [0, 0.05) is 16.6 Å². The van der Waals surface area contributed by atoms with Crippen LogP contribution in [0, 0.1) is 6.92 Å². The summed E-state index contributed by atoms with van der Waals surface area (Å²) >= 11 is 1.38. The fourth-order valence-electron chi connectivity index (χ4n) is 2.14. The zero-order valence-electron chi connectivity index (χ0n) is 13.4. The predicted molar refractivity (Wildman–Crippen MR) is 97.9 cm³/mol. The quantitative estimate of drug-likeness (QED) is 0.719. The number of thiazole rings is 1. The van der Waals surface area contributed by atoms with Gasteiger partial charge in [-0.05, 0) is 31.2 Å². The molecular formula is C18H17N3O2S. The Labute approximate surface area is 144 Å². The van der Waals surface area contributed by atoms with E-state index in [1.54, 1.807) is 7.11 Å². The van der Waals surface area contributed by atoms with Crippen molar-refractivity contribution in [1.82, 2.24) is 4.98 Å². The van der Waals surface area contributed by atoms with Gasteiger partial charge in [-0.15, -0.1) is 11.3 Å². The van der Waals surface area contributed by atoms with E-state index in [0.717, 1.165) is 28.3 Å². The molecule has 0 fully saturated rings. The lowest BCUT2D eigenvalue weighted by Crippen LogP contribution is -2.19. The molecule has 24 heavy (non-hydrogen) atoms. The molecule has 0 aliphatic carbocycles. The first-order chi connectivity index (χ1) is 11.6. The van der Waals surface area contributed by atoms with Gasteiger partial charge in [0.15, 0.2) is 5.13 Å². The van der Waals surface area contributed by atoms with Crippen molar-refractivity contribution in [2.75, 3.05) is 17.7 Å². The summed E-state index contributed by atoms with van der Waals surface area (Å²) in [7, 11) is 1.63. The maximum absolute atomic E-state index is 12.0. The molecule has 1 aromatic heterocycles. The molecule has 0 radical (unpaired) electrons. The number of nitrogens with zero attached hydrogens (tertiary/aromatic N) is 1. The number of ether oxygens (including phenoxy) is 1. The second-order valence-electron chi connectivity index (χ2n) is 5.22. The van der Waals surface area contributed by atoms with E-state index in [4.69, 9.17) is 4.74 Å². The molecule has 0 unspecified atom stereocenters. The maximum Gasteiger partial charge on any atom is 0.325 e. The number of urea groups is 1. The maximum atomic E-state index is 12.0. The summed E-state index contributed by atoms with van der Waals surface area (Å²) in [6, 6.07) is 14.9. The second kappa shape index (κ2) is 7.14. The topological polar surface area (TPSA) is 63.2 Å². The lowest BCUT2D eigenvalue weighted by atomic mass is 10.2. The molecule has 122 valence electrons. The van der Waals surface area contributed by atoms with Crippen molar-refractivity contribution in [2.24, 2.45) is 0 Å². The summed E-state index contributed by atoms with van der Waals surface area (Å²) in [6.45, 7) is 2.00. The Morgan fingerprint density at radius 2 is 1.92 bits per heavy atom. The van der Waals surface area contributed by atoms with Crippen molar-refractivity contribution >= 4 is 28.2 Å². The van der Waals surface area contributed by atoms with E-state index in [9.17, 15) is 4.79 Å². The Bertz CT molecular complexity index is 843. The molecule has 0 aliphatic heterocycles. The molecule has 2 N–H and O–H groups in total. The van der Waals surface area contributed by atoms with Crippen molar-refractivity contribution in [3.63, 3.8) is 0 Å². The monoisotopic (exact) mass is 339 g/mol. The summed E-state index contributed by atoms with van der Waals surface area (Å²) in [5, 5.41) is 7.97. The minimum Gasteiger partial charge on any atom is -0.497 e. The number of carbonyl (C=O) groups is 1. The number of nitrogens with one attached hydrogen (secondary N) is 2. The van der Waals surface area contributed by atoms with Crippen LogP contribution in [0.4, 0.5) is 15.6 Å². The summed E-state index contributed by atoms with van der Waals surface area (Å²) < 4.78 is 5.22. The molecule has 3 aromatic rings. The van der Waals surface area contributed by atoms with Crippen LogP contribution in [0.2, 0.25) is 0 Å². The van der Waals surface area contributed by atoms with Crippen molar-refractivity contribution in [2.45, 2.75) is 6.92 Å². The van der Waals surface area contributed by atoms with Gasteiger partial charge in [-0.25, -0.2) is 9.78 Å². The van der Waals surface area contributed by atoms with E-state index in [1.807, 2.05) is 60.8 Å². The first kappa shape index (κ1) is 16.0. The van der Waals surface area contributed by atoms with Gasteiger partial charge < -0.3 is 10.1 Å². The van der Waals surface area contributed by atoms with Crippen molar-refractivity contribution in [3.05, 3.63) is 59.5 Å². The van der Waals surface area contributed by atoms with Crippen molar-refractivity contribution in [1.29, 1.82) is 0 Å². The molecule has 5 nitrogen and oxygen atoms in total. The van der Waals surface area contributed by atoms with E-state index >= 15 is 0 Å². The number of hydrogen-bond acceptors (Lipinski definition) is 4. The number of rotatable bonds is 4. The van der Waals surface area contributed by atoms with Gasteiger partial charge >= 0.3 is 6.03 Å². The highest BCUT2D eigenvalue weighted by atomic mass is 32.1. The van der Waals surface area contributed by atoms with Gasteiger partial charge in [-0.1, -0.05) is 29.8 Å². The third-order valence-corrected chi connectivity index (χ3v) is 4.16. The van der Waals surface area contributed by atoms with Crippen LogP contribution in [0.25, 0.3) is 11.3 Å². The Balaban J connectivity index is 1.67. The fourth-order valence-corrected chi connectivity index (χ4v) is 2.86. The average Bonchev–Trinajstić information content (AvgIpc) is 3.05. The highest BCUT2D eigenvalue weighted by Gasteiger charge is 2.09. The molecular weight excluding hydrogens is 322 g/mol. The molecule has 0 atom stereocenters. The fraction of sp³-hybridized carbons (Fsp3) is 0.111. The van der Waals surface area contributed by atoms with E-state index < -0.39 is 0 Å². The van der Waals surface area contributed by atoms with Crippen LogP contribution in [0.5, 0.6) is 5.75 Å². The van der Waals surface area contributed by atoms with Gasteiger partial charge in [0.25, 0.3) is 0 Å². The number of anilines is 2. The Morgan fingerprint density at radius 1 is 1.12 bits per heavy atom. The number of aromatic nitrogens is 1. The van der Waals surface area contributed by atoms with Crippen LogP contribution in [0.3, 0.4) is 0 Å². The minimum atomic E-state index is -0.314. The van der Waals surface area contributed by atoms with Crippen molar-refractivity contribution in [3.8, 4) is 17.0 Å². The number of amides is 2. The standard InChI is InChI=1S/C18H17N3O2S/c1-12-6-8-14(9-7-12)19-17(22)21-18-20-16(11-24-18)13-4-3-5-15(10-13)23-2/h3-11H,1-2H3,(H2,19,20,21,22). The molecule has 0 aliphatic rings. The SMILES string of the molecule is COc1cccc(-c2csc(NC(=O)Nc3ccc(C)cc3)n2)c1. The minimum absolute atomic E-state index is 0.314. The third kappa shape index (κ3) is 3.91. The number of methoxy groups -OCH3 is 1. The average molecular weight is 339 g/mol. The van der Waals surface area contributed by atoms with E-state index in [1.165, 1.54) is 11.3 Å². The Morgan fingerprint density at radius 3 is 2.67 bits per heavy atom. The molecule has 6 heteroatoms. The van der Waals surface area contributed by atoms with Crippen LogP contribution in [-0.4, -0.2) is 18.1 Å². The first-order valence-electron chi connectivity index (χ1n) is 7.38. The van der Waals surface area contributed by atoms with E-state index in [-0.39, 0.29) is 6.03 Å². The summed E-state index contributed by atoms with van der Waals surface area (Å²) in [5.74, 6) is 0.770. The van der Waals surface area contributed by atoms with E-state index in [2.05, 4.69) is 15.6 Å². The van der Waals surface area contributed by atoms with Gasteiger partial charge in [-0.2, -0.15) is 0 Å². The van der Waals surface area contributed by atoms with Gasteiger partial charge in [0.2, 0.25) is 0 Å². The summed E-state index contributed by atoms with van der Waals surface area (Å²) in [4.78, 5) is 16.5. The van der Waals surface area contributed by atoms with Crippen LogP contribution in [-0.2, 0) is 0 Å². The second-order valence-corrected chi connectivity index (χ2v) is 6.07. The van der Waals surface area contributed by atoms with E-state index in [0.29, 0.717) is 5.13 Å². The molecule has 2 aromatic carbocycles. The Kier molecular flexibility index (Phi) is 4.77. The molecule has 2 amide bonds. The zero-order chi connectivity index (χ0) is 16.9. The molecule has 1 heterocycles. The number of hydrogen-bond donors (Lipinski definition) is 2. The van der Waals surface area contributed by atoms with Gasteiger partial charge in [0.1, 0.15) is 5.75 Å². The van der Waals surface area contributed by atoms with Gasteiger partial charge in [-0.3, -0.25) is 5.32 Å². The predicted octanol–water partition coefficient (Wildman–Crippen LogP) is 4.77. The highest BCUT2D eigenvalue weighted by Crippen LogP contribution is 2.27. The normalized spacial score (nSPS) is 10.2. The summed E-state index contributed by atoms with van der Waals surface area (Å²) in [6.07, 6.45) is 0. The highest BCUT2D eigenvalue weighted by molar-refractivity contribution is 7.14. The van der Waals surface area contributed by atoms with Crippen LogP contribution >= 0.6 is 11.3 Å². The van der Waals surface area contributed by atoms with Crippen LogP contribution in [0.15, 0.2) is 53.9 Å². The zero-order valence-corrected chi connectivity index (χ0v) is 14.2. The number of benzene rings is 2. The third-order valence-electron chi connectivity index (χ3n) is 3.40. The first-order valence-corrected chi connectivity index (χ1v) is 8.26. The smallest absolute Gasteiger partial charge is 0.325 e. The molecule has 0 saturated heterocycles.